The molecule has 0 aliphatic heterocycles. The Morgan fingerprint density at radius 3 is 2.16 bits per heavy atom. The molecule has 0 spiro atoms. The SMILES string of the molecule is Clc1cccc(Cl)c1[O][Ti+2][c]1cccc2c1Cc1ccccc1-2.[Cl-].[Cl-]. The third kappa shape index (κ3) is 4.03. The van der Waals surface area contributed by atoms with E-state index in [1.165, 1.54) is 26.1 Å². The minimum Gasteiger partial charge on any atom is -1.00 e. The van der Waals surface area contributed by atoms with Crippen molar-refractivity contribution in [3.8, 4) is 16.9 Å². The van der Waals surface area contributed by atoms with Gasteiger partial charge in [-0.2, -0.15) is 0 Å². The van der Waals surface area contributed by atoms with Gasteiger partial charge in [-0.15, -0.1) is 0 Å². The average Bonchev–Trinajstić information content (AvgIpc) is 2.94. The fraction of sp³-hybridized carbons (Fsp3) is 0.0526. The quantitative estimate of drug-likeness (QED) is 0.378. The zero-order chi connectivity index (χ0) is 15.8. The number of rotatable bonds is 3. The van der Waals surface area contributed by atoms with Crippen LogP contribution < -0.4 is 32.0 Å². The predicted octanol–water partition coefficient (Wildman–Crippen LogP) is -0.726. The molecule has 1 aliphatic rings. The Balaban J connectivity index is 0.00000113. The fourth-order valence-electron chi connectivity index (χ4n) is 2.94. The van der Waals surface area contributed by atoms with Crippen LogP contribution >= 0.6 is 23.2 Å². The Hall–Kier alpha value is -0.666. The largest absolute Gasteiger partial charge is 1.00 e. The van der Waals surface area contributed by atoms with Crippen LogP contribution in [0.25, 0.3) is 11.1 Å². The van der Waals surface area contributed by atoms with Crippen LogP contribution in [-0.4, -0.2) is 0 Å². The van der Waals surface area contributed by atoms with Crippen molar-refractivity contribution < 1.29 is 47.7 Å². The Morgan fingerprint density at radius 2 is 1.40 bits per heavy atom. The van der Waals surface area contributed by atoms with Crippen LogP contribution in [0.1, 0.15) is 11.1 Å². The molecule has 0 aromatic heterocycles. The molecule has 0 unspecified atom stereocenters. The standard InChI is InChI=1S/C13H9.C6H4Cl2O.2ClH.Ti/c1-3-7-12-10(5-1)9-11-6-2-4-8-13(11)12;7-4-2-1-3-5(8)6(4)9;;;/h1-5,7-8H,9H2;1-3,9H;2*1H;/q;;;;+3/p-3. The summed E-state index contributed by atoms with van der Waals surface area (Å²) in [5.74, 6) is 0.601. The van der Waals surface area contributed by atoms with Crippen molar-refractivity contribution in [2.24, 2.45) is 0 Å². The first-order valence-electron chi connectivity index (χ1n) is 7.31. The molecule has 0 saturated heterocycles. The molecule has 1 nitrogen and oxygen atoms in total. The van der Waals surface area contributed by atoms with Crippen molar-refractivity contribution >= 4 is 27.1 Å². The molecule has 1 aliphatic carbocycles. The molecule has 0 radical (unpaired) electrons. The second-order valence-electron chi connectivity index (χ2n) is 5.42. The minimum absolute atomic E-state index is 0. The van der Waals surface area contributed by atoms with Crippen LogP contribution in [0.15, 0.2) is 60.7 Å². The molecular weight excluding hydrogens is 434 g/mol. The molecule has 0 atom stereocenters. The van der Waals surface area contributed by atoms with Crippen LogP contribution in [0.2, 0.25) is 10.0 Å². The molecule has 0 amide bonds. The number of fused-ring (bicyclic) bond motifs is 3. The van der Waals surface area contributed by atoms with Gasteiger partial charge in [-0.1, -0.05) is 0 Å². The summed E-state index contributed by atoms with van der Waals surface area (Å²) in [6, 6.07) is 20.5. The van der Waals surface area contributed by atoms with Gasteiger partial charge in [0.1, 0.15) is 0 Å². The Morgan fingerprint density at radius 1 is 0.760 bits per heavy atom. The van der Waals surface area contributed by atoms with Crippen LogP contribution in [-0.2, 0) is 26.0 Å². The van der Waals surface area contributed by atoms with Crippen molar-refractivity contribution in [1.29, 1.82) is 0 Å². The van der Waals surface area contributed by atoms with Crippen molar-refractivity contribution in [3.63, 3.8) is 0 Å². The van der Waals surface area contributed by atoms with E-state index in [-0.39, 0.29) is 24.8 Å². The molecule has 0 fully saturated rings. The van der Waals surface area contributed by atoms with E-state index in [9.17, 15) is 0 Å². The summed E-state index contributed by atoms with van der Waals surface area (Å²) in [6.07, 6.45) is 0.977. The van der Waals surface area contributed by atoms with Crippen LogP contribution in [0.5, 0.6) is 5.75 Å². The van der Waals surface area contributed by atoms with E-state index in [1.807, 2.05) is 6.07 Å². The van der Waals surface area contributed by atoms with E-state index in [2.05, 4.69) is 42.5 Å². The molecule has 6 heteroatoms. The van der Waals surface area contributed by atoms with E-state index in [1.54, 1.807) is 12.1 Å². The molecule has 3 aromatic rings. The van der Waals surface area contributed by atoms with Gasteiger partial charge in [0.15, 0.2) is 0 Å². The topological polar surface area (TPSA) is 9.23 Å². The molecule has 25 heavy (non-hydrogen) atoms. The molecule has 3 aromatic carbocycles. The Bertz CT molecular complexity index is 878. The predicted molar refractivity (Wildman–Crippen MR) is 91.4 cm³/mol. The van der Waals surface area contributed by atoms with Gasteiger partial charge in [0.2, 0.25) is 0 Å². The fourth-order valence-corrected chi connectivity index (χ4v) is 5.09. The van der Waals surface area contributed by atoms with E-state index < -0.39 is 19.5 Å². The zero-order valence-electron chi connectivity index (χ0n) is 12.9. The molecule has 0 saturated carbocycles. The summed E-state index contributed by atoms with van der Waals surface area (Å²) in [7, 11) is 0. The van der Waals surface area contributed by atoms with Crippen molar-refractivity contribution in [2.45, 2.75) is 6.42 Å². The van der Waals surface area contributed by atoms with Crippen LogP contribution in [0.3, 0.4) is 0 Å². The number of para-hydroxylation sites is 1. The van der Waals surface area contributed by atoms with Gasteiger partial charge in [0.05, 0.1) is 0 Å². The summed E-state index contributed by atoms with van der Waals surface area (Å²) >= 11 is 11.6. The number of halogens is 4. The van der Waals surface area contributed by atoms with E-state index >= 15 is 0 Å². The summed E-state index contributed by atoms with van der Waals surface area (Å²) in [5, 5.41) is 1.13. The van der Waals surface area contributed by atoms with Crippen LogP contribution in [0, 0.1) is 0 Å². The second kappa shape index (κ2) is 8.82. The monoisotopic (exact) mass is 444 g/mol. The molecular formula is C19H12Cl4OTi. The smallest absolute Gasteiger partial charge is 1.00 e. The van der Waals surface area contributed by atoms with Gasteiger partial charge >= 0.3 is 155 Å². The van der Waals surface area contributed by atoms with Crippen LogP contribution in [0.4, 0.5) is 0 Å². The van der Waals surface area contributed by atoms with E-state index in [0.29, 0.717) is 15.8 Å². The maximum atomic E-state index is 6.20. The van der Waals surface area contributed by atoms with Gasteiger partial charge in [-0.05, 0) is 0 Å². The number of hydrogen-bond acceptors (Lipinski definition) is 1. The summed E-state index contributed by atoms with van der Waals surface area (Å²) in [4.78, 5) is 0. The summed E-state index contributed by atoms with van der Waals surface area (Å²) in [6.45, 7) is 0. The summed E-state index contributed by atoms with van der Waals surface area (Å²) in [5.41, 5.74) is 5.44. The van der Waals surface area contributed by atoms with Crippen molar-refractivity contribution in [1.82, 2.24) is 0 Å². The average molecular weight is 446 g/mol. The van der Waals surface area contributed by atoms with Crippen molar-refractivity contribution in [3.05, 3.63) is 81.8 Å². The molecule has 126 valence electrons. The Labute approximate surface area is 178 Å². The zero-order valence-corrected chi connectivity index (χ0v) is 17.5. The number of benzene rings is 3. The minimum atomic E-state index is -0.816. The third-order valence-electron chi connectivity index (χ3n) is 4.03. The van der Waals surface area contributed by atoms with Gasteiger partial charge in [0, 0.05) is 0 Å². The molecule has 0 N–H and O–H groups in total. The molecule has 4 rings (SSSR count). The van der Waals surface area contributed by atoms with E-state index in [4.69, 9.17) is 26.5 Å². The first-order chi connectivity index (χ1) is 11.2. The molecule has 0 bridgehead atoms. The van der Waals surface area contributed by atoms with Gasteiger partial charge in [-0.3, -0.25) is 0 Å². The third-order valence-corrected chi connectivity index (χ3v) is 6.18. The van der Waals surface area contributed by atoms with E-state index in [0.717, 1.165) is 6.42 Å². The molecule has 0 heterocycles. The normalized spacial score (nSPS) is 10.6. The van der Waals surface area contributed by atoms with Gasteiger partial charge in [0.25, 0.3) is 0 Å². The van der Waals surface area contributed by atoms with Gasteiger partial charge < -0.3 is 24.8 Å². The maximum absolute atomic E-state index is 6.20. The Kier molecular flexibility index (Phi) is 7.28. The van der Waals surface area contributed by atoms with Gasteiger partial charge in [-0.25, -0.2) is 0 Å². The maximum Gasteiger partial charge on any atom is -1.00 e. The second-order valence-corrected chi connectivity index (χ2v) is 7.71. The number of hydrogen-bond donors (Lipinski definition) is 0. The first kappa shape index (κ1) is 20.6. The first-order valence-corrected chi connectivity index (χ1v) is 9.48. The summed E-state index contributed by atoms with van der Waals surface area (Å²) < 4.78 is 7.34. The van der Waals surface area contributed by atoms with Crippen molar-refractivity contribution in [2.75, 3.05) is 0 Å².